The van der Waals surface area contributed by atoms with E-state index < -0.39 is 0 Å². The average Bonchev–Trinajstić information content (AvgIpc) is 2.65. The molecule has 0 unspecified atom stereocenters. The summed E-state index contributed by atoms with van der Waals surface area (Å²) in [6.07, 6.45) is 7.26. The molecule has 1 amide bonds. The molecule has 1 fully saturated rings. The lowest BCUT2D eigenvalue weighted by molar-refractivity contribution is -0.137. The van der Waals surface area contributed by atoms with E-state index in [9.17, 15) is 4.79 Å². The van der Waals surface area contributed by atoms with Crippen molar-refractivity contribution in [3.63, 3.8) is 0 Å². The lowest BCUT2D eigenvalue weighted by Gasteiger charge is -2.37. The highest BCUT2D eigenvalue weighted by molar-refractivity contribution is 5.94. The zero-order valence-corrected chi connectivity index (χ0v) is 14.6. The summed E-state index contributed by atoms with van der Waals surface area (Å²) >= 11 is 0. The number of carbonyl (C=O) groups is 1. The maximum Gasteiger partial charge on any atom is 0.246 e. The Hall–Kier alpha value is -2.98. The molecule has 0 aliphatic carbocycles. The average molecular weight is 344 g/mol. The largest absolute Gasteiger partial charge is 0.378 e. The second-order valence-electron chi connectivity index (χ2n) is 6.46. The third-order valence-electron chi connectivity index (χ3n) is 4.81. The van der Waals surface area contributed by atoms with E-state index in [0.717, 1.165) is 16.7 Å². The van der Waals surface area contributed by atoms with Crippen LogP contribution in [-0.4, -0.2) is 42.1 Å². The number of rotatable bonds is 4. The van der Waals surface area contributed by atoms with Crippen molar-refractivity contribution in [2.45, 2.75) is 6.10 Å². The van der Waals surface area contributed by atoms with Crippen molar-refractivity contribution in [2.24, 2.45) is 0 Å². The summed E-state index contributed by atoms with van der Waals surface area (Å²) in [7, 11) is 1.68. The number of pyridine rings is 1. The van der Waals surface area contributed by atoms with E-state index in [1.165, 1.54) is 10.8 Å². The minimum atomic E-state index is 0.0135. The van der Waals surface area contributed by atoms with Crippen molar-refractivity contribution in [2.75, 3.05) is 20.2 Å². The van der Waals surface area contributed by atoms with Crippen LogP contribution in [0.1, 0.15) is 5.56 Å². The van der Waals surface area contributed by atoms with E-state index in [-0.39, 0.29) is 12.0 Å². The van der Waals surface area contributed by atoms with Gasteiger partial charge in [0.2, 0.25) is 5.91 Å². The maximum absolute atomic E-state index is 12.3. The number of aromatic nitrogens is 1. The SMILES string of the molecule is COC1CN(C(=O)/C=C/c2ccncc2-c2ccc3ccccc3c2)C1. The Morgan fingerprint density at radius 1 is 1.15 bits per heavy atom. The Balaban J connectivity index is 1.60. The number of methoxy groups -OCH3 is 1. The molecule has 1 aromatic heterocycles. The van der Waals surface area contributed by atoms with Crippen molar-refractivity contribution in [3.05, 3.63) is 72.6 Å². The van der Waals surface area contributed by atoms with Gasteiger partial charge >= 0.3 is 0 Å². The molecular weight excluding hydrogens is 324 g/mol. The maximum atomic E-state index is 12.3. The summed E-state index contributed by atoms with van der Waals surface area (Å²) in [6.45, 7) is 1.32. The number of likely N-dealkylation sites (tertiary alicyclic amines) is 1. The predicted octanol–water partition coefficient (Wildman–Crippen LogP) is 3.77. The molecule has 1 aliphatic rings. The zero-order valence-electron chi connectivity index (χ0n) is 14.6. The van der Waals surface area contributed by atoms with Gasteiger partial charge in [0.15, 0.2) is 0 Å². The van der Waals surface area contributed by atoms with E-state index in [1.807, 2.05) is 30.5 Å². The molecule has 2 heterocycles. The molecule has 1 aliphatic heterocycles. The smallest absolute Gasteiger partial charge is 0.246 e. The molecule has 4 rings (SSSR count). The molecule has 0 radical (unpaired) electrons. The summed E-state index contributed by atoms with van der Waals surface area (Å²) in [5.41, 5.74) is 3.08. The van der Waals surface area contributed by atoms with Crippen LogP contribution >= 0.6 is 0 Å². The van der Waals surface area contributed by atoms with Crippen LogP contribution in [-0.2, 0) is 9.53 Å². The van der Waals surface area contributed by atoms with Gasteiger partial charge in [0.25, 0.3) is 0 Å². The van der Waals surface area contributed by atoms with E-state index >= 15 is 0 Å². The van der Waals surface area contributed by atoms with E-state index in [0.29, 0.717) is 13.1 Å². The number of ether oxygens (including phenoxy) is 1. The Bertz CT molecular complexity index is 975. The van der Waals surface area contributed by atoms with Crippen LogP contribution in [0.2, 0.25) is 0 Å². The molecule has 1 saturated heterocycles. The third kappa shape index (κ3) is 3.24. The van der Waals surface area contributed by atoms with Gasteiger partial charge < -0.3 is 9.64 Å². The van der Waals surface area contributed by atoms with Gasteiger partial charge in [0.1, 0.15) is 0 Å². The highest BCUT2D eigenvalue weighted by Crippen LogP contribution is 2.27. The molecular formula is C22H20N2O2. The van der Waals surface area contributed by atoms with Crippen molar-refractivity contribution in [1.29, 1.82) is 0 Å². The first kappa shape index (κ1) is 16.5. The molecule has 2 aromatic carbocycles. The monoisotopic (exact) mass is 344 g/mol. The predicted molar refractivity (Wildman–Crippen MR) is 104 cm³/mol. The summed E-state index contributed by atoms with van der Waals surface area (Å²) in [4.78, 5) is 18.3. The first-order valence-electron chi connectivity index (χ1n) is 8.67. The fourth-order valence-electron chi connectivity index (χ4n) is 3.18. The van der Waals surface area contributed by atoms with Gasteiger partial charge in [-0.3, -0.25) is 9.78 Å². The Kier molecular flexibility index (Phi) is 4.50. The van der Waals surface area contributed by atoms with Crippen molar-refractivity contribution in [1.82, 2.24) is 9.88 Å². The number of hydrogen-bond donors (Lipinski definition) is 0. The molecule has 0 spiro atoms. The highest BCUT2D eigenvalue weighted by Gasteiger charge is 2.28. The minimum absolute atomic E-state index is 0.0135. The van der Waals surface area contributed by atoms with Gasteiger partial charge in [0.05, 0.1) is 6.10 Å². The van der Waals surface area contributed by atoms with Crippen LogP contribution in [0.15, 0.2) is 67.0 Å². The van der Waals surface area contributed by atoms with Gasteiger partial charge in [-0.25, -0.2) is 0 Å². The Labute approximate surface area is 152 Å². The van der Waals surface area contributed by atoms with Crippen LogP contribution in [0.4, 0.5) is 0 Å². The summed E-state index contributed by atoms with van der Waals surface area (Å²) in [5.74, 6) is 0.0135. The quantitative estimate of drug-likeness (QED) is 0.677. The van der Waals surface area contributed by atoms with Gasteiger partial charge in [-0.1, -0.05) is 36.4 Å². The normalized spacial score (nSPS) is 14.7. The minimum Gasteiger partial charge on any atom is -0.378 e. The molecule has 26 heavy (non-hydrogen) atoms. The van der Waals surface area contributed by atoms with Crippen LogP contribution < -0.4 is 0 Å². The van der Waals surface area contributed by atoms with Crippen LogP contribution in [0, 0.1) is 0 Å². The number of hydrogen-bond acceptors (Lipinski definition) is 3. The van der Waals surface area contributed by atoms with Crippen LogP contribution in [0.3, 0.4) is 0 Å². The van der Waals surface area contributed by atoms with Crippen LogP contribution in [0.25, 0.3) is 28.0 Å². The number of carbonyl (C=O) groups excluding carboxylic acids is 1. The summed E-state index contributed by atoms with van der Waals surface area (Å²) in [5, 5.41) is 2.39. The number of amides is 1. The van der Waals surface area contributed by atoms with E-state index in [2.05, 4.69) is 35.3 Å². The Morgan fingerprint density at radius 2 is 1.96 bits per heavy atom. The summed E-state index contributed by atoms with van der Waals surface area (Å²) < 4.78 is 5.22. The standard InChI is InChI=1S/C22H20N2O2/c1-26-20-14-24(15-20)22(25)9-8-17-10-11-23-13-21(17)19-7-6-16-4-2-3-5-18(16)12-19/h2-13,20H,14-15H2,1H3/b9-8+. The zero-order chi connectivity index (χ0) is 17.9. The van der Waals surface area contributed by atoms with Gasteiger partial charge in [0, 0.05) is 44.2 Å². The van der Waals surface area contributed by atoms with Crippen LogP contribution in [0.5, 0.6) is 0 Å². The summed E-state index contributed by atoms with van der Waals surface area (Å²) in [6, 6.07) is 16.6. The lowest BCUT2D eigenvalue weighted by Crippen LogP contribution is -2.53. The van der Waals surface area contributed by atoms with Crippen molar-refractivity contribution >= 4 is 22.8 Å². The molecule has 0 saturated carbocycles. The van der Waals surface area contributed by atoms with E-state index in [1.54, 1.807) is 24.3 Å². The lowest BCUT2D eigenvalue weighted by atomic mass is 9.98. The topological polar surface area (TPSA) is 42.4 Å². The second-order valence-corrected chi connectivity index (χ2v) is 6.46. The number of benzene rings is 2. The van der Waals surface area contributed by atoms with Gasteiger partial charge in [-0.2, -0.15) is 0 Å². The van der Waals surface area contributed by atoms with Gasteiger partial charge in [-0.05, 0) is 40.1 Å². The molecule has 130 valence electrons. The molecule has 4 nitrogen and oxygen atoms in total. The second kappa shape index (κ2) is 7.10. The molecule has 3 aromatic rings. The van der Waals surface area contributed by atoms with Gasteiger partial charge in [-0.15, -0.1) is 0 Å². The number of nitrogens with zero attached hydrogens (tertiary/aromatic N) is 2. The molecule has 4 heteroatoms. The first-order chi connectivity index (χ1) is 12.7. The first-order valence-corrected chi connectivity index (χ1v) is 8.67. The van der Waals surface area contributed by atoms with Crippen molar-refractivity contribution in [3.8, 4) is 11.1 Å². The molecule has 0 atom stereocenters. The van der Waals surface area contributed by atoms with E-state index in [4.69, 9.17) is 4.74 Å². The number of fused-ring (bicyclic) bond motifs is 1. The fourth-order valence-corrected chi connectivity index (χ4v) is 3.18. The highest BCUT2D eigenvalue weighted by atomic mass is 16.5. The fraction of sp³-hybridized carbons (Fsp3) is 0.182. The van der Waals surface area contributed by atoms with Crippen molar-refractivity contribution < 1.29 is 9.53 Å². The molecule has 0 N–H and O–H groups in total. The molecule has 0 bridgehead atoms. The third-order valence-corrected chi connectivity index (χ3v) is 4.81. The Morgan fingerprint density at radius 3 is 2.77 bits per heavy atom.